The van der Waals surface area contributed by atoms with Crippen molar-refractivity contribution in [2.45, 2.75) is 19.5 Å². The number of piperazine rings is 2. The molecule has 0 unspecified atom stereocenters. The zero-order valence-electron chi connectivity index (χ0n) is 20.3. The summed E-state index contributed by atoms with van der Waals surface area (Å²) in [7, 11) is 0. The van der Waals surface area contributed by atoms with Crippen LogP contribution in [0.3, 0.4) is 0 Å². The number of Topliss-reactive ketones (excluding diaryl/α,β-unsaturated/α-hetero) is 1. The number of carbonyl (C=O) groups excluding carboxylic acids is 3. The predicted octanol–water partition coefficient (Wildman–Crippen LogP) is 2.27. The summed E-state index contributed by atoms with van der Waals surface area (Å²) >= 11 is 0. The highest BCUT2D eigenvalue weighted by Gasteiger charge is 2.30. The molecule has 2 amide bonds. The van der Waals surface area contributed by atoms with Crippen LogP contribution >= 0.6 is 0 Å². The van der Waals surface area contributed by atoms with Crippen molar-refractivity contribution >= 4 is 28.5 Å². The van der Waals surface area contributed by atoms with Gasteiger partial charge in [-0.15, -0.1) is 0 Å². The van der Waals surface area contributed by atoms with Crippen LogP contribution in [0.15, 0.2) is 48.7 Å². The van der Waals surface area contributed by atoms with Crippen molar-refractivity contribution in [3.05, 3.63) is 71.2 Å². The van der Waals surface area contributed by atoms with Crippen LogP contribution in [0, 0.1) is 5.82 Å². The Kier molecular flexibility index (Phi) is 6.84. The average Bonchev–Trinajstić information content (AvgIpc) is 3.33. The number of aromatic amines is 1. The molecule has 2 N–H and O–H groups in total. The second-order valence-electron chi connectivity index (χ2n) is 9.54. The average molecular weight is 492 g/mol. The Labute approximate surface area is 209 Å². The van der Waals surface area contributed by atoms with Crippen LogP contribution in [0.2, 0.25) is 0 Å². The van der Waals surface area contributed by atoms with Crippen molar-refractivity contribution < 1.29 is 18.8 Å². The van der Waals surface area contributed by atoms with Gasteiger partial charge in [-0.1, -0.05) is 12.1 Å². The van der Waals surface area contributed by atoms with Crippen LogP contribution in [0.1, 0.15) is 33.2 Å². The molecule has 188 valence electrons. The monoisotopic (exact) mass is 491 g/mol. The molecule has 0 aliphatic carbocycles. The van der Waals surface area contributed by atoms with Crippen molar-refractivity contribution in [2.75, 3.05) is 45.8 Å². The Morgan fingerprint density at radius 3 is 2.47 bits per heavy atom. The van der Waals surface area contributed by atoms with Gasteiger partial charge in [0.2, 0.25) is 5.78 Å². The van der Waals surface area contributed by atoms with E-state index in [0.717, 1.165) is 11.1 Å². The van der Waals surface area contributed by atoms with Gasteiger partial charge in [-0.3, -0.25) is 19.3 Å². The Bertz CT molecular complexity index is 1280. The minimum Gasteiger partial charge on any atom is -0.360 e. The summed E-state index contributed by atoms with van der Waals surface area (Å²) in [6, 6.07) is 11.5. The molecular formula is C27H30FN5O3. The molecule has 0 spiro atoms. The lowest BCUT2D eigenvalue weighted by atomic mass is 10.0. The lowest BCUT2D eigenvalue weighted by Crippen LogP contribution is -2.53. The first-order chi connectivity index (χ1) is 17.4. The highest BCUT2D eigenvalue weighted by molar-refractivity contribution is 6.43. The molecule has 0 saturated carbocycles. The summed E-state index contributed by atoms with van der Waals surface area (Å²) in [4.78, 5) is 47.9. The highest BCUT2D eigenvalue weighted by Crippen LogP contribution is 2.24. The first-order valence-corrected chi connectivity index (χ1v) is 12.3. The highest BCUT2D eigenvalue weighted by atomic mass is 19.1. The lowest BCUT2D eigenvalue weighted by Gasteiger charge is -2.40. The van der Waals surface area contributed by atoms with E-state index in [2.05, 4.69) is 15.2 Å². The fourth-order valence-electron chi connectivity index (χ4n) is 5.05. The molecule has 5 rings (SSSR count). The SMILES string of the molecule is C[C@@H]1CN(Cc2ccc(F)cc2)CCN1C(=O)c1c[nH]c2ccc(C(=O)C(=O)N3CCNCC3)cc12. The molecule has 8 nitrogen and oxygen atoms in total. The number of benzene rings is 2. The van der Waals surface area contributed by atoms with Crippen LogP contribution < -0.4 is 5.32 Å². The summed E-state index contributed by atoms with van der Waals surface area (Å²) in [5.41, 5.74) is 2.56. The van der Waals surface area contributed by atoms with Gasteiger partial charge in [-0.05, 0) is 42.8 Å². The quantitative estimate of drug-likeness (QED) is 0.422. The number of hydrogen-bond acceptors (Lipinski definition) is 5. The number of halogens is 1. The maximum Gasteiger partial charge on any atom is 0.295 e. The minimum atomic E-state index is -0.554. The van der Waals surface area contributed by atoms with Gasteiger partial charge in [0.05, 0.1) is 5.56 Å². The number of nitrogens with zero attached hydrogens (tertiary/aromatic N) is 3. The van der Waals surface area contributed by atoms with Gasteiger partial charge >= 0.3 is 0 Å². The molecule has 3 heterocycles. The standard InChI is InChI=1S/C27H30FN5O3/c1-18-16-31(17-19-2-5-21(28)6-3-19)12-13-33(18)26(35)23-15-30-24-7-4-20(14-22(23)24)25(34)27(36)32-10-8-29-9-11-32/h2-7,14-15,18,29-30H,8-13,16-17H2,1H3/t18-/m1/s1. The Balaban J connectivity index is 1.29. The number of fused-ring (bicyclic) bond motifs is 1. The van der Waals surface area contributed by atoms with Crippen molar-refractivity contribution in [2.24, 2.45) is 0 Å². The van der Waals surface area contributed by atoms with Gasteiger partial charge in [0.1, 0.15) is 5.82 Å². The third kappa shape index (κ3) is 4.89. The lowest BCUT2D eigenvalue weighted by molar-refractivity contribution is -0.127. The maximum atomic E-state index is 13.5. The van der Waals surface area contributed by atoms with E-state index in [9.17, 15) is 18.8 Å². The van der Waals surface area contributed by atoms with Crippen LogP contribution in [-0.2, 0) is 11.3 Å². The van der Waals surface area contributed by atoms with Crippen LogP contribution in [0.4, 0.5) is 4.39 Å². The topological polar surface area (TPSA) is 88.8 Å². The third-order valence-corrected chi connectivity index (χ3v) is 7.06. The summed E-state index contributed by atoms with van der Waals surface area (Å²) in [6.07, 6.45) is 1.68. The molecule has 2 saturated heterocycles. The van der Waals surface area contributed by atoms with E-state index in [1.807, 2.05) is 11.8 Å². The molecule has 2 aromatic carbocycles. The molecular weight excluding hydrogens is 461 g/mol. The minimum absolute atomic E-state index is 0.0178. The first-order valence-electron chi connectivity index (χ1n) is 12.3. The first kappa shape index (κ1) is 24.1. The number of H-pyrrole nitrogens is 1. The second-order valence-corrected chi connectivity index (χ2v) is 9.54. The number of nitrogens with one attached hydrogen (secondary N) is 2. The molecule has 2 aliphatic heterocycles. The van der Waals surface area contributed by atoms with E-state index in [-0.39, 0.29) is 23.3 Å². The zero-order valence-corrected chi connectivity index (χ0v) is 20.3. The van der Waals surface area contributed by atoms with Crippen molar-refractivity contribution in [3.63, 3.8) is 0 Å². The molecule has 9 heteroatoms. The number of rotatable bonds is 5. The number of aromatic nitrogens is 1. The molecule has 36 heavy (non-hydrogen) atoms. The van der Waals surface area contributed by atoms with Crippen LogP contribution in [0.5, 0.6) is 0 Å². The van der Waals surface area contributed by atoms with Crippen LogP contribution in [0.25, 0.3) is 10.9 Å². The summed E-state index contributed by atoms with van der Waals surface area (Å²) in [5, 5.41) is 3.81. The fraction of sp³-hybridized carbons (Fsp3) is 0.370. The zero-order chi connectivity index (χ0) is 25.2. The third-order valence-electron chi connectivity index (χ3n) is 7.06. The van der Waals surface area contributed by atoms with Gasteiger partial charge in [-0.25, -0.2) is 4.39 Å². The summed E-state index contributed by atoms with van der Waals surface area (Å²) < 4.78 is 13.2. The van der Waals surface area contributed by atoms with Gasteiger partial charge in [-0.2, -0.15) is 0 Å². The van der Waals surface area contributed by atoms with Gasteiger partial charge in [0.25, 0.3) is 11.8 Å². The number of carbonyl (C=O) groups is 3. The number of hydrogen-bond donors (Lipinski definition) is 2. The molecule has 2 aliphatic rings. The smallest absolute Gasteiger partial charge is 0.295 e. The van der Waals surface area contributed by atoms with E-state index >= 15 is 0 Å². The van der Waals surface area contributed by atoms with E-state index in [0.29, 0.717) is 63.3 Å². The Hall–Kier alpha value is -3.56. The Morgan fingerprint density at radius 2 is 1.75 bits per heavy atom. The summed E-state index contributed by atoms with van der Waals surface area (Å²) in [5.74, 6) is -1.42. The maximum absolute atomic E-state index is 13.5. The number of amides is 2. The van der Waals surface area contributed by atoms with Gasteiger partial charge < -0.3 is 20.1 Å². The second kappa shape index (κ2) is 10.2. The van der Waals surface area contributed by atoms with Crippen LogP contribution in [-0.4, -0.2) is 89.1 Å². The van der Waals surface area contributed by atoms with Gasteiger partial charge in [0, 0.05) is 81.1 Å². The largest absolute Gasteiger partial charge is 0.360 e. The molecule has 3 aromatic rings. The molecule has 1 aromatic heterocycles. The van der Waals surface area contributed by atoms with E-state index < -0.39 is 11.7 Å². The normalized spacial score (nSPS) is 19.0. The van der Waals surface area contributed by atoms with Crippen molar-refractivity contribution in [1.82, 2.24) is 25.0 Å². The van der Waals surface area contributed by atoms with E-state index in [4.69, 9.17) is 0 Å². The predicted molar refractivity (Wildman–Crippen MR) is 134 cm³/mol. The van der Waals surface area contributed by atoms with E-state index in [1.165, 1.54) is 12.1 Å². The molecule has 2 fully saturated rings. The molecule has 0 radical (unpaired) electrons. The summed E-state index contributed by atoms with van der Waals surface area (Å²) in [6.45, 7) is 7.04. The molecule has 1 atom stereocenters. The number of ketones is 1. The van der Waals surface area contributed by atoms with Gasteiger partial charge in [0.15, 0.2) is 0 Å². The Morgan fingerprint density at radius 1 is 1.00 bits per heavy atom. The van der Waals surface area contributed by atoms with Crippen molar-refractivity contribution in [1.29, 1.82) is 0 Å². The fourth-order valence-corrected chi connectivity index (χ4v) is 5.05. The van der Waals surface area contributed by atoms with Crippen molar-refractivity contribution in [3.8, 4) is 0 Å². The van der Waals surface area contributed by atoms with E-state index in [1.54, 1.807) is 41.4 Å². The molecule has 0 bridgehead atoms.